The Hall–Kier alpha value is -1.36. The highest BCUT2D eigenvalue weighted by Gasteiger charge is 2.24. The molecular formula is C13H22N4O. The first-order valence-corrected chi connectivity index (χ1v) is 6.57. The fourth-order valence-corrected chi connectivity index (χ4v) is 2.46. The zero-order valence-electron chi connectivity index (χ0n) is 11.6. The highest BCUT2D eigenvalue weighted by molar-refractivity contribution is 5.58. The third kappa shape index (κ3) is 2.72. The van der Waals surface area contributed by atoms with Crippen LogP contribution in [0.1, 0.15) is 26.3 Å². The van der Waals surface area contributed by atoms with E-state index < -0.39 is 0 Å². The van der Waals surface area contributed by atoms with Crippen molar-refractivity contribution < 1.29 is 4.74 Å². The smallest absolute Gasteiger partial charge is 0.137 e. The molecule has 0 amide bonds. The third-order valence-electron chi connectivity index (χ3n) is 3.12. The molecule has 0 spiro atoms. The van der Waals surface area contributed by atoms with E-state index in [2.05, 4.69) is 47.9 Å². The quantitative estimate of drug-likeness (QED) is 0.887. The summed E-state index contributed by atoms with van der Waals surface area (Å²) in [6, 6.07) is 0. The molecule has 0 saturated carbocycles. The summed E-state index contributed by atoms with van der Waals surface area (Å²) in [7, 11) is 0. The Morgan fingerprint density at radius 3 is 2.61 bits per heavy atom. The van der Waals surface area contributed by atoms with Crippen molar-refractivity contribution in [1.29, 1.82) is 0 Å². The van der Waals surface area contributed by atoms with Gasteiger partial charge in [0.15, 0.2) is 0 Å². The normalized spacial score (nSPS) is 24.1. The summed E-state index contributed by atoms with van der Waals surface area (Å²) < 4.78 is 5.75. The lowest BCUT2D eigenvalue weighted by Crippen LogP contribution is -2.46. The van der Waals surface area contributed by atoms with Gasteiger partial charge in [-0.05, 0) is 27.7 Å². The third-order valence-corrected chi connectivity index (χ3v) is 3.12. The average molecular weight is 250 g/mol. The maximum absolute atomic E-state index is 5.75. The van der Waals surface area contributed by atoms with Crippen molar-refractivity contribution in [2.45, 2.75) is 39.9 Å². The van der Waals surface area contributed by atoms with Crippen LogP contribution in [-0.2, 0) is 4.74 Å². The minimum atomic E-state index is 0.241. The Labute approximate surface area is 109 Å². The van der Waals surface area contributed by atoms with Gasteiger partial charge in [0.05, 0.1) is 12.2 Å². The second kappa shape index (κ2) is 5.52. The molecule has 0 radical (unpaired) electrons. The van der Waals surface area contributed by atoms with Crippen LogP contribution in [0, 0.1) is 6.92 Å². The van der Waals surface area contributed by atoms with E-state index in [0.717, 1.165) is 36.8 Å². The maximum atomic E-state index is 5.75. The fraction of sp³-hybridized carbons (Fsp3) is 0.692. The van der Waals surface area contributed by atoms with Gasteiger partial charge < -0.3 is 15.0 Å². The summed E-state index contributed by atoms with van der Waals surface area (Å²) in [4.78, 5) is 11.0. The van der Waals surface area contributed by atoms with Gasteiger partial charge in [0, 0.05) is 25.2 Å². The predicted octanol–water partition coefficient (Wildman–Crippen LogP) is 1.83. The zero-order valence-corrected chi connectivity index (χ0v) is 11.6. The van der Waals surface area contributed by atoms with Gasteiger partial charge in [0.1, 0.15) is 18.0 Å². The molecule has 1 aromatic heterocycles. The lowest BCUT2D eigenvalue weighted by molar-refractivity contribution is -0.00549. The molecule has 0 aromatic carbocycles. The van der Waals surface area contributed by atoms with E-state index in [-0.39, 0.29) is 12.2 Å². The molecule has 1 aliphatic rings. The highest BCUT2D eigenvalue weighted by atomic mass is 16.5. The Morgan fingerprint density at radius 2 is 2.00 bits per heavy atom. The van der Waals surface area contributed by atoms with Crippen molar-refractivity contribution in [2.24, 2.45) is 0 Å². The van der Waals surface area contributed by atoms with Crippen LogP contribution in [0.25, 0.3) is 0 Å². The van der Waals surface area contributed by atoms with E-state index >= 15 is 0 Å². The van der Waals surface area contributed by atoms with E-state index in [0.29, 0.717) is 0 Å². The van der Waals surface area contributed by atoms with Gasteiger partial charge in [-0.2, -0.15) is 0 Å². The lowest BCUT2D eigenvalue weighted by atomic mass is 10.2. The number of ether oxygens (including phenoxy) is 1. The summed E-state index contributed by atoms with van der Waals surface area (Å²) in [6.07, 6.45) is 2.11. The summed E-state index contributed by atoms with van der Waals surface area (Å²) in [5, 5.41) is 3.27. The molecule has 1 N–H and O–H groups in total. The Bertz CT molecular complexity index is 400. The number of rotatable bonds is 3. The Morgan fingerprint density at radius 1 is 1.33 bits per heavy atom. The number of morpholine rings is 1. The largest absolute Gasteiger partial charge is 0.372 e. The lowest BCUT2D eigenvalue weighted by Gasteiger charge is -2.36. The molecule has 0 aliphatic carbocycles. The molecule has 18 heavy (non-hydrogen) atoms. The first-order valence-electron chi connectivity index (χ1n) is 6.57. The number of nitrogens with one attached hydrogen (secondary N) is 1. The first kappa shape index (κ1) is 13.1. The first-order chi connectivity index (χ1) is 8.61. The summed E-state index contributed by atoms with van der Waals surface area (Å²) in [5.41, 5.74) is 1.11. The van der Waals surface area contributed by atoms with Gasteiger partial charge in [-0.1, -0.05) is 0 Å². The van der Waals surface area contributed by atoms with Crippen molar-refractivity contribution >= 4 is 11.6 Å². The van der Waals surface area contributed by atoms with Crippen molar-refractivity contribution in [3.63, 3.8) is 0 Å². The molecule has 2 rings (SSSR count). The molecule has 5 heteroatoms. The van der Waals surface area contributed by atoms with Crippen molar-refractivity contribution in [3.8, 4) is 0 Å². The molecule has 100 valence electrons. The van der Waals surface area contributed by atoms with Crippen LogP contribution in [0.2, 0.25) is 0 Å². The van der Waals surface area contributed by atoms with Crippen LogP contribution in [0.3, 0.4) is 0 Å². The average Bonchev–Trinajstić information content (AvgIpc) is 2.31. The SMILES string of the molecule is CCNc1ncnc(N2C[C@@H](C)O[C@@H](C)C2)c1C. The van der Waals surface area contributed by atoms with Crippen molar-refractivity contribution in [3.05, 3.63) is 11.9 Å². The molecule has 0 unspecified atom stereocenters. The van der Waals surface area contributed by atoms with Crippen LogP contribution in [0.4, 0.5) is 11.6 Å². The van der Waals surface area contributed by atoms with Crippen LogP contribution >= 0.6 is 0 Å². The van der Waals surface area contributed by atoms with E-state index in [1.807, 2.05) is 0 Å². The summed E-state index contributed by atoms with van der Waals surface area (Å²) in [5.74, 6) is 1.94. The predicted molar refractivity (Wildman–Crippen MR) is 73.2 cm³/mol. The number of hydrogen-bond donors (Lipinski definition) is 1. The minimum Gasteiger partial charge on any atom is -0.372 e. The van der Waals surface area contributed by atoms with E-state index in [9.17, 15) is 0 Å². The number of hydrogen-bond acceptors (Lipinski definition) is 5. The second-order valence-electron chi connectivity index (χ2n) is 4.86. The molecule has 1 saturated heterocycles. The van der Waals surface area contributed by atoms with Crippen LogP contribution in [-0.4, -0.2) is 41.8 Å². The molecule has 2 atom stereocenters. The van der Waals surface area contributed by atoms with Gasteiger partial charge in [0.25, 0.3) is 0 Å². The fourth-order valence-electron chi connectivity index (χ4n) is 2.46. The van der Waals surface area contributed by atoms with Gasteiger partial charge in [-0.25, -0.2) is 9.97 Å². The molecule has 0 bridgehead atoms. The monoisotopic (exact) mass is 250 g/mol. The molecule has 1 aliphatic heterocycles. The summed E-state index contributed by atoms with van der Waals surface area (Å²) >= 11 is 0. The molecule has 1 fully saturated rings. The van der Waals surface area contributed by atoms with Gasteiger partial charge in [-0.3, -0.25) is 0 Å². The maximum Gasteiger partial charge on any atom is 0.137 e. The van der Waals surface area contributed by atoms with Gasteiger partial charge >= 0.3 is 0 Å². The van der Waals surface area contributed by atoms with E-state index in [1.54, 1.807) is 6.33 Å². The highest BCUT2D eigenvalue weighted by Crippen LogP contribution is 2.25. The van der Waals surface area contributed by atoms with Crippen molar-refractivity contribution in [2.75, 3.05) is 29.9 Å². The number of anilines is 2. The van der Waals surface area contributed by atoms with E-state index in [1.165, 1.54) is 0 Å². The minimum absolute atomic E-state index is 0.241. The van der Waals surface area contributed by atoms with Crippen molar-refractivity contribution in [1.82, 2.24) is 9.97 Å². The number of aromatic nitrogens is 2. The molecule has 2 heterocycles. The van der Waals surface area contributed by atoms with Crippen LogP contribution in [0.15, 0.2) is 6.33 Å². The topological polar surface area (TPSA) is 50.3 Å². The van der Waals surface area contributed by atoms with E-state index in [4.69, 9.17) is 4.74 Å². The molecule has 1 aromatic rings. The van der Waals surface area contributed by atoms with Gasteiger partial charge in [0.2, 0.25) is 0 Å². The standard InChI is InChI=1S/C13H22N4O/c1-5-14-12-11(4)13(16-8-15-12)17-6-9(2)18-10(3)7-17/h8-10H,5-7H2,1-4H3,(H,14,15,16)/t9-,10+. The van der Waals surface area contributed by atoms with Crippen LogP contribution < -0.4 is 10.2 Å². The molecular weight excluding hydrogens is 228 g/mol. The molecule has 5 nitrogen and oxygen atoms in total. The Balaban J connectivity index is 2.24. The van der Waals surface area contributed by atoms with Crippen LogP contribution in [0.5, 0.6) is 0 Å². The second-order valence-corrected chi connectivity index (χ2v) is 4.86. The Kier molecular flexibility index (Phi) is 4.01. The number of nitrogens with zero attached hydrogens (tertiary/aromatic N) is 3. The zero-order chi connectivity index (χ0) is 13.1. The van der Waals surface area contributed by atoms with Gasteiger partial charge in [-0.15, -0.1) is 0 Å². The summed E-state index contributed by atoms with van der Waals surface area (Å²) in [6.45, 7) is 11.0.